The van der Waals surface area contributed by atoms with E-state index in [0.717, 1.165) is 6.20 Å². The maximum Gasteiger partial charge on any atom is 0.434 e. The van der Waals surface area contributed by atoms with Crippen LogP contribution in [-0.2, 0) is 23.9 Å². The van der Waals surface area contributed by atoms with E-state index in [2.05, 4.69) is 20.4 Å². The van der Waals surface area contributed by atoms with E-state index >= 15 is 0 Å². The van der Waals surface area contributed by atoms with Crippen LogP contribution in [0.2, 0.25) is 10.0 Å². The lowest BCUT2D eigenvalue weighted by Gasteiger charge is -2.37. The molecule has 0 saturated carbocycles. The molecular weight excluding hydrogens is 586 g/mol. The highest BCUT2D eigenvalue weighted by Gasteiger charge is 2.44. The van der Waals surface area contributed by atoms with Gasteiger partial charge < -0.3 is 15.1 Å². The Kier molecular flexibility index (Phi) is 7.45. The molecule has 41 heavy (non-hydrogen) atoms. The summed E-state index contributed by atoms with van der Waals surface area (Å²) < 4.78 is 40.4. The third-order valence-corrected chi connectivity index (χ3v) is 8.14. The highest BCUT2D eigenvalue weighted by Crippen LogP contribution is 2.36. The second kappa shape index (κ2) is 10.6. The van der Waals surface area contributed by atoms with Gasteiger partial charge in [-0.3, -0.25) is 19.4 Å². The Balaban J connectivity index is 1.52. The molecule has 15 heteroatoms. The average Bonchev–Trinajstić information content (AvgIpc) is 3.31. The van der Waals surface area contributed by atoms with E-state index in [9.17, 15) is 27.6 Å². The summed E-state index contributed by atoms with van der Waals surface area (Å²) in [5, 5.41) is 7.73. The molecule has 0 saturated heterocycles. The van der Waals surface area contributed by atoms with Crippen LogP contribution in [0.25, 0.3) is 0 Å². The predicted molar refractivity (Wildman–Crippen MR) is 141 cm³/mol. The summed E-state index contributed by atoms with van der Waals surface area (Å²) in [5.74, 6) is -1.23. The highest BCUT2D eigenvalue weighted by atomic mass is 35.5. The molecule has 0 bridgehead atoms. The molecule has 1 N–H and O–H groups in total. The predicted octanol–water partition coefficient (Wildman–Crippen LogP) is 4.09. The van der Waals surface area contributed by atoms with Crippen molar-refractivity contribution in [3.05, 3.63) is 74.5 Å². The van der Waals surface area contributed by atoms with E-state index < -0.39 is 35.8 Å². The van der Waals surface area contributed by atoms with Crippen molar-refractivity contribution in [2.24, 2.45) is 0 Å². The van der Waals surface area contributed by atoms with E-state index in [1.807, 2.05) is 6.92 Å². The second-order valence-corrected chi connectivity index (χ2v) is 10.7. The van der Waals surface area contributed by atoms with Crippen molar-refractivity contribution in [1.82, 2.24) is 34.9 Å². The van der Waals surface area contributed by atoms with Crippen LogP contribution in [0.1, 0.15) is 69.4 Å². The SMILES string of the molecule is CNC(=O)[C@@H]1CN(C(C)c2cnc(C(F)(F)F)cn2)C(=O)c2c3c(nn21)C[C@@H](C)N(C(=O)c1ccc(Cl)c(Cl)c1)C3. The van der Waals surface area contributed by atoms with Gasteiger partial charge in [-0.2, -0.15) is 18.3 Å². The number of nitrogens with zero attached hydrogens (tertiary/aromatic N) is 6. The number of alkyl halides is 3. The lowest BCUT2D eigenvalue weighted by molar-refractivity contribution is -0.141. The number of carbonyl (C=O) groups is 3. The molecule has 4 heterocycles. The number of hydrogen-bond acceptors (Lipinski definition) is 6. The number of likely N-dealkylation sites (N-methyl/N-ethyl adjacent to an activating group) is 1. The van der Waals surface area contributed by atoms with Crippen molar-refractivity contribution in [2.75, 3.05) is 13.6 Å². The molecule has 5 rings (SSSR count). The Morgan fingerprint density at radius 2 is 1.88 bits per heavy atom. The molecule has 0 spiro atoms. The van der Waals surface area contributed by atoms with E-state index in [1.165, 1.54) is 28.8 Å². The van der Waals surface area contributed by atoms with Crippen LogP contribution in [-0.4, -0.2) is 66.9 Å². The van der Waals surface area contributed by atoms with Gasteiger partial charge in [-0.1, -0.05) is 23.2 Å². The quantitative estimate of drug-likeness (QED) is 0.477. The molecule has 2 aliphatic heterocycles. The zero-order valence-corrected chi connectivity index (χ0v) is 23.5. The molecule has 2 aromatic heterocycles. The first kappa shape index (κ1) is 28.8. The van der Waals surface area contributed by atoms with Crippen molar-refractivity contribution in [2.45, 2.75) is 51.1 Å². The lowest BCUT2D eigenvalue weighted by Crippen LogP contribution is -2.49. The van der Waals surface area contributed by atoms with Crippen molar-refractivity contribution in [1.29, 1.82) is 0 Å². The van der Waals surface area contributed by atoms with Crippen molar-refractivity contribution in [3.8, 4) is 0 Å². The second-order valence-electron chi connectivity index (χ2n) is 9.92. The van der Waals surface area contributed by atoms with Crippen LogP contribution in [0.15, 0.2) is 30.6 Å². The first-order valence-corrected chi connectivity index (χ1v) is 13.3. The number of benzene rings is 1. The molecule has 2 aliphatic rings. The lowest BCUT2D eigenvalue weighted by atomic mass is 9.96. The normalized spacial score (nSPS) is 19.5. The fourth-order valence-corrected chi connectivity index (χ4v) is 5.42. The smallest absolute Gasteiger partial charge is 0.357 e. The van der Waals surface area contributed by atoms with Crippen LogP contribution in [0, 0.1) is 0 Å². The molecule has 10 nitrogen and oxygen atoms in total. The van der Waals surface area contributed by atoms with Gasteiger partial charge in [-0.25, -0.2) is 9.67 Å². The number of nitrogens with one attached hydrogen (secondary N) is 1. The summed E-state index contributed by atoms with van der Waals surface area (Å²) in [4.78, 5) is 50.6. The van der Waals surface area contributed by atoms with Crippen LogP contribution >= 0.6 is 23.2 Å². The molecule has 3 amide bonds. The van der Waals surface area contributed by atoms with Crippen LogP contribution in [0.4, 0.5) is 13.2 Å². The van der Waals surface area contributed by atoms with Gasteiger partial charge in [0, 0.05) is 30.6 Å². The van der Waals surface area contributed by atoms with Crippen LogP contribution in [0.3, 0.4) is 0 Å². The summed E-state index contributed by atoms with van der Waals surface area (Å²) in [6.45, 7) is 3.39. The number of halogens is 5. The molecule has 0 fully saturated rings. The molecule has 1 aromatic carbocycles. The molecular formula is C26H24Cl2F3N7O3. The van der Waals surface area contributed by atoms with Crippen molar-refractivity contribution in [3.63, 3.8) is 0 Å². The fraction of sp³-hybridized carbons (Fsp3) is 0.385. The maximum atomic E-state index is 13.9. The standard InChI is InChI=1S/C26H24Cl2F3N7O3/c1-12-6-18-15(10-36(12)24(40)14-4-5-16(27)17(28)7-14)22-25(41)37(11-20(23(39)32-3)38(22)35-18)13(2)19-8-34-21(9-33-19)26(29,30)31/h4-5,7-9,12-13,20H,6,10-11H2,1-3H3,(H,32,39)/t12-,13?,20+/m1/s1. The number of amides is 3. The maximum absolute atomic E-state index is 13.9. The van der Waals surface area contributed by atoms with Gasteiger partial charge in [0.05, 0.1) is 53.0 Å². The Morgan fingerprint density at radius 3 is 2.49 bits per heavy atom. The Labute approximate surface area is 242 Å². The van der Waals surface area contributed by atoms with E-state index in [1.54, 1.807) is 17.9 Å². The van der Waals surface area contributed by atoms with Crippen LogP contribution < -0.4 is 5.32 Å². The number of hydrogen-bond donors (Lipinski definition) is 1. The molecule has 3 atom stereocenters. The van der Waals surface area contributed by atoms with Gasteiger partial charge >= 0.3 is 6.18 Å². The Hall–Kier alpha value is -3.71. The fourth-order valence-electron chi connectivity index (χ4n) is 5.12. The van der Waals surface area contributed by atoms with Gasteiger partial charge in [0.15, 0.2) is 5.69 Å². The Morgan fingerprint density at radius 1 is 1.15 bits per heavy atom. The van der Waals surface area contributed by atoms with Crippen molar-refractivity contribution >= 4 is 40.9 Å². The summed E-state index contributed by atoms with van der Waals surface area (Å²) in [6, 6.07) is 2.54. The number of aromatic nitrogens is 4. The summed E-state index contributed by atoms with van der Waals surface area (Å²) >= 11 is 12.1. The first-order valence-electron chi connectivity index (χ1n) is 12.6. The summed E-state index contributed by atoms with van der Waals surface area (Å²) in [7, 11) is 1.46. The third kappa shape index (κ3) is 5.12. The topological polar surface area (TPSA) is 113 Å². The summed E-state index contributed by atoms with van der Waals surface area (Å²) in [6.07, 6.45) is -2.76. The monoisotopic (exact) mass is 609 g/mol. The molecule has 0 aliphatic carbocycles. The Bertz CT molecular complexity index is 1540. The van der Waals surface area contributed by atoms with Crippen LogP contribution in [0.5, 0.6) is 0 Å². The van der Waals surface area contributed by atoms with Gasteiger partial charge in [-0.15, -0.1) is 0 Å². The zero-order chi connectivity index (χ0) is 29.8. The van der Waals surface area contributed by atoms with Gasteiger partial charge in [0.1, 0.15) is 11.7 Å². The zero-order valence-electron chi connectivity index (χ0n) is 22.0. The number of rotatable bonds is 4. The number of carbonyl (C=O) groups excluding carboxylic acids is 3. The minimum atomic E-state index is -4.66. The van der Waals surface area contributed by atoms with E-state index in [-0.39, 0.29) is 41.4 Å². The minimum Gasteiger partial charge on any atom is -0.357 e. The molecule has 3 aromatic rings. The van der Waals surface area contributed by atoms with E-state index in [4.69, 9.17) is 23.2 Å². The highest BCUT2D eigenvalue weighted by molar-refractivity contribution is 6.42. The number of fused-ring (bicyclic) bond motifs is 3. The first-order chi connectivity index (χ1) is 19.3. The molecule has 216 valence electrons. The van der Waals surface area contributed by atoms with Crippen molar-refractivity contribution < 1.29 is 27.6 Å². The van der Waals surface area contributed by atoms with E-state index in [0.29, 0.717) is 34.5 Å². The average molecular weight is 610 g/mol. The molecule has 0 radical (unpaired) electrons. The van der Waals surface area contributed by atoms with Gasteiger partial charge in [0.2, 0.25) is 5.91 Å². The van der Waals surface area contributed by atoms with Gasteiger partial charge in [0.25, 0.3) is 11.8 Å². The third-order valence-electron chi connectivity index (χ3n) is 7.40. The minimum absolute atomic E-state index is 0.0411. The van der Waals surface area contributed by atoms with Gasteiger partial charge in [-0.05, 0) is 32.0 Å². The largest absolute Gasteiger partial charge is 0.434 e. The molecule has 1 unspecified atom stereocenters. The summed E-state index contributed by atoms with van der Waals surface area (Å²) in [5.41, 5.74) is 0.484.